The molecule has 125 heavy (non-hydrogen) atoms. The zero-order valence-electron chi connectivity index (χ0n) is 80.1. The minimum Gasteiger partial charge on any atom is -0.462 e. The Hall–Kier alpha value is -3.39. The number of carbonyl (C=O) groups is 6. The smallest absolute Gasteiger partial charge is 0.462 e. The van der Waals surface area contributed by atoms with Crippen LogP contribution in [0.4, 0.5) is 0 Å². The summed E-state index contributed by atoms with van der Waals surface area (Å²) >= 11 is 0. The molecule has 0 radical (unpaired) electrons. The normalized spacial score (nSPS) is 20.1. The van der Waals surface area contributed by atoms with Gasteiger partial charge in [-0.3, -0.25) is 33.3 Å². The second-order valence-corrected chi connectivity index (χ2v) is 38.3. The number of esters is 4. The molecule has 14 atom stereocenters. The number of ether oxygens (including phenoxy) is 7. The molecule has 0 aromatic heterocycles. The van der Waals surface area contributed by atoms with Gasteiger partial charge in [-0.2, -0.15) is 0 Å². The van der Waals surface area contributed by atoms with E-state index in [1.54, 1.807) is 0 Å². The van der Waals surface area contributed by atoms with Crippen LogP contribution in [-0.4, -0.2) is 170 Å². The van der Waals surface area contributed by atoms with E-state index in [-0.39, 0.29) is 25.7 Å². The zero-order chi connectivity index (χ0) is 91.4. The average molecular weight is 1800 g/mol. The Bertz CT molecular complexity index is 2620. The molecule has 9 N–H and O–H groups in total. The van der Waals surface area contributed by atoms with E-state index in [4.69, 9.17) is 37.7 Å². The number of phosphoric acid groups is 1. The Balaban J connectivity index is 2.65. The fraction of sp³-hybridized carbons (Fsp3) is 0.940. The number of rotatable bonds is 88. The topological polar surface area (TPSA) is 359 Å². The van der Waals surface area contributed by atoms with Crippen molar-refractivity contribution in [2.75, 3.05) is 13.2 Å². The minimum atomic E-state index is -5.65. The third kappa shape index (κ3) is 64.2. The second-order valence-electron chi connectivity index (χ2n) is 37.1. The van der Waals surface area contributed by atoms with Crippen LogP contribution >= 0.6 is 7.82 Å². The van der Waals surface area contributed by atoms with E-state index < -0.39 is 168 Å². The van der Waals surface area contributed by atoms with E-state index in [2.05, 4.69) is 52.2 Å². The Morgan fingerprint density at radius 2 is 0.592 bits per heavy atom. The number of hydrogen-bond donors (Lipinski definition) is 9. The maximum atomic E-state index is 14.7. The molecule has 0 bridgehead atoms. The van der Waals surface area contributed by atoms with Gasteiger partial charge in [0.25, 0.3) is 0 Å². The highest BCUT2D eigenvalue weighted by molar-refractivity contribution is 7.46. The van der Waals surface area contributed by atoms with Crippen molar-refractivity contribution < 1.29 is 106 Å². The fourth-order valence-electron chi connectivity index (χ4n) is 17.4. The molecule has 2 aliphatic heterocycles. The molecule has 736 valence electrons. The lowest BCUT2D eigenvalue weighted by Crippen LogP contribution is -2.67. The molecule has 2 amide bonds. The minimum absolute atomic E-state index is 0.133. The highest BCUT2D eigenvalue weighted by Crippen LogP contribution is 2.42. The number of carbonyl (C=O) groups excluding carboxylic acids is 6. The van der Waals surface area contributed by atoms with Gasteiger partial charge in [0.15, 0.2) is 24.8 Å². The first-order chi connectivity index (χ1) is 60.6. The summed E-state index contributed by atoms with van der Waals surface area (Å²) in [5.74, 6) is -4.52. The molecule has 2 heterocycles. The third-order valence-electron chi connectivity index (χ3n) is 25.1. The molecule has 0 aliphatic carbocycles. The van der Waals surface area contributed by atoms with E-state index >= 15 is 0 Å². The lowest BCUT2D eigenvalue weighted by Gasteiger charge is -2.46. The van der Waals surface area contributed by atoms with Crippen LogP contribution in [0, 0.1) is 0 Å². The Labute approximate surface area is 759 Å². The van der Waals surface area contributed by atoms with Crippen LogP contribution in [-0.2, 0) is 71.0 Å². The summed E-state index contributed by atoms with van der Waals surface area (Å²) in [5.41, 5.74) is 0. The summed E-state index contributed by atoms with van der Waals surface area (Å²) in [6, 6.07) is -3.56. The average Bonchev–Trinajstić information content (AvgIpc) is 0.784. The standard InChI is InChI=1S/C100H189N2O22P/c1-7-13-19-25-31-37-39-41-43-49-55-61-67-73-89(108)118-83(71-65-59-53-47-35-29-23-17-11-5)77-88(107)102-94-98(122-91(110)76-82(105)70-64-58-52-46-34-28-22-16-10-4)96(113)86(121-100(94)124-125(114,115)116)80-117-99-93(101-87(106)75-81(104)69-63-57-51-45-33-27-21-15-9-3)97(95(112)85(79-103)120-99)123-92(111)78-84(72-66-60-54-48-36-30-24-18-12-6)119-90(109)74-68-62-56-50-44-42-40-38-32-26-20-14-8-2/h81-86,93-100,103-105,112-113H,7-80H2,1-6H3,(H,101,106)(H,102,107)(H2,114,115,116)/t81?,82?,83?,84?,85?,86?,93?,94?,95?,96-,97-,98-,99-,100?/m1/s1. The number of nitrogens with one attached hydrogen (secondary N) is 2. The first kappa shape index (κ1) is 118. The second kappa shape index (κ2) is 80.3. The number of phosphoric ester groups is 1. The number of unbranched alkanes of at least 4 members (excludes halogenated alkanes) is 56. The molecule has 10 unspecified atom stereocenters. The SMILES string of the molecule is CCCCCCCCCCCCCCCC(=O)OC(CCCCCCCCCCC)CC(=O)NC1C(OP(=O)(O)O)OC(CO[C@@H]2OC(CO)C(O)[C@H](OC(=O)CC(CCCCCCCCCCC)OC(=O)CCCCCCCCCCCCCCC)C2NC(=O)CC(O)CCCCCCCCCCC)[C@@H](O)[C@@H]1OC(=O)CC(O)CCCCCCCCCCC. The highest BCUT2D eigenvalue weighted by Gasteiger charge is 2.53. The summed E-state index contributed by atoms with van der Waals surface area (Å²) in [5, 5.41) is 63.9. The van der Waals surface area contributed by atoms with E-state index in [9.17, 15) is 68.7 Å². The van der Waals surface area contributed by atoms with Gasteiger partial charge in [0, 0.05) is 12.8 Å². The Morgan fingerprint density at radius 3 is 0.920 bits per heavy atom. The maximum Gasteiger partial charge on any atom is 0.472 e. The molecule has 25 heteroatoms. The van der Waals surface area contributed by atoms with Gasteiger partial charge in [0.1, 0.15) is 48.7 Å². The molecule has 2 fully saturated rings. The number of aliphatic hydroxyl groups excluding tert-OH is 5. The van der Waals surface area contributed by atoms with Crippen molar-refractivity contribution >= 4 is 43.5 Å². The summed E-state index contributed by atoms with van der Waals surface area (Å²) in [6.45, 7) is 11.4. The lowest BCUT2D eigenvalue weighted by molar-refractivity contribution is -0.298. The van der Waals surface area contributed by atoms with Crippen LogP contribution < -0.4 is 10.6 Å². The van der Waals surface area contributed by atoms with Crippen LogP contribution in [0.5, 0.6) is 0 Å². The molecule has 0 aromatic rings. The van der Waals surface area contributed by atoms with Crippen molar-refractivity contribution in [1.82, 2.24) is 10.6 Å². The molecule has 0 saturated carbocycles. The van der Waals surface area contributed by atoms with E-state index in [1.165, 1.54) is 154 Å². The summed E-state index contributed by atoms with van der Waals surface area (Å²) < 4.78 is 61.7. The first-order valence-corrected chi connectivity index (χ1v) is 53.5. The van der Waals surface area contributed by atoms with Gasteiger partial charge in [-0.1, -0.05) is 414 Å². The van der Waals surface area contributed by atoms with Gasteiger partial charge >= 0.3 is 31.7 Å². The molecule has 24 nitrogen and oxygen atoms in total. The molecule has 0 spiro atoms. The third-order valence-corrected chi connectivity index (χ3v) is 25.6. The van der Waals surface area contributed by atoms with Gasteiger partial charge in [-0.15, -0.1) is 0 Å². The predicted molar refractivity (Wildman–Crippen MR) is 497 cm³/mol. The van der Waals surface area contributed by atoms with Gasteiger partial charge in [0.2, 0.25) is 11.8 Å². The van der Waals surface area contributed by atoms with Crippen LogP contribution in [0.25, 0.3) is 0 Å². The van der Waals surface area contributed by atoms with Crippen LogP contribution in [0.1, 0.15) is 504 Å². The quantitative estimate of drug-likeness (QED) is 0.0118. The van der Waals surface area contributed by atoms with Crippen molar-refractivity contribution in [1.29, 1.82) is 0 Å². The van der Waals surface area contributed by atoms with Crippen LogP contribution in [0.2, 0.25) is 0 Å². The molecular weight excluding hydrogens is 1610 g/mol. The van der Waals surface area contributed by atoms with Crippen LogP contribution in [0.3, 0.4) is 0 Å². The fourth-order valence-corrected chi connectivity index (χ4v) is 17.8. The number of hydrogen-bond acceptors (Lipinski definition) is 20. The number of amides is 2. The monoisotopic (exact) mass is 1800 g/mol. The largest absolute Gasteiger partial charge is 0.472 e. The van der Waals surface area contributed by atoms with E-state index in [0.29, 0.717) is 51.4 Å². The molecule has 2 aliphatic rings. The zero-order valence-corrected chi connectivity index (χ0v) is 81.0. The van der Waals surface area contributed by atoms with Crippen molar-refractivity contribution in [2.24, 2.45) is 0 Å². The maximum absolute atomic E-state index is 14.7. The summed E-state index contributed by atoms with van der Waals surface area (Å²) in [4.78, 5) is 107. The van der Waals surface area contributed by atoms with Gasteiger partial charge < -0.3 is 79.1 Å². The molecular formula is C100H189N2O22P. The molecule has 2 rings (SSSR count). The van der Waals surface area contributed by atoms with Crippen LogP contribution in [0.15, 0.2) is 0 Å². The van der Waals surface area contributed by atoms with Crippen molar-refractivity contribution in [2.45, 2.75) is 590 Å². The highest BCUT2D eigenvalue weighted by atomic mass is 31.2. The summed E-state index contributed by atoms with van der Waals surface area (Å²) in [7, 11) is -5.65. The van der Waals surface area contributed by atoms with Gasteiger partial charge in [0.05, 0.1) is 51.1 Å². The van der Waals surface area contributed by atoms with Crippen molar-refractivity contribution in [3.63, 3.8) is 0 Å². The Kier molecular flexibility index (Phi) is 75.6. The Morgan fingerprint density at radius 1 is 0.328 bits per heavy atom. The summed E-state index contributed by atoms with van der Waals surface area (Å²) in [6.07, 6.45) is 46.4. The lowest BCUT2D eigenvalue weighted by atomic mass is 9.95. The number of aliphatic hydroxyl groups is 5. The van der Waals surface area contributed by atoms with E-state index in [0.717, 1.165) is 205 Å². The molecule has 2 saturated heterocycles. The molecule has 0 aromatic carbocycles. The van der Waals surface area contributed by atoms with E-state index in [1.807, 2.05) is 0 Å². The van der Waals surface area contributed by atoms with Crippen molar-refractivity contribution in [3.8, 4) is 0 Å². The van der Waals surface area contributed by atoms with Gasteiger partial charge in [-0.25, -0.2) is 4.57 Å². The predicted octanol–water partition coefficient (Wildman–Crippen LogP) is 22.8. The van der Waals surface area contributed by atoms with Gasteiger partial charge in [-0.05, 0) is 51.4 Å². The van der Waals surface area contributed by atoms with Crippen molar-refractivity contribution in [3.05, 3.63) is 0 Å². The first-order valence-electron chi connectivity index (χ1n) is 52.0.